The number of rotatable bonds is 5. The van der Waals surface area contributed by atoms with Crippen molar-refractivity contribution in [2.75, 3.05) is 5.33 Å². The van der Waals surface area contributed by atoms with Gasteiger partial charge >= 0.3 is 0 Å². The fraction of sp³-hybridized carbons (Fsp3) is 0.222. The SMILES string of the molecule is BrCC(Cc1cccc(Br)c1)Cc1csc2ccccc12. The van der Waals surface area contributed by atoms with Crippen LogP contribution in [-0.4, -0.2) is 5.33 Å². The quantitative estimate of drug-likeness (QED) is 0.413. The Morgan fingerprint density at radius 1 is 1.00 bits per heavy atom. The molecule has 3 heteroatoms. The number of thiophene rings is 1. The Bertz CT molecular complexity index is 733. The third-order valence-electron chi connectivity index (χ3n) is 3.70. The summed E-state index contributed by atoms with van der Waals surface area (Å²) >= 11 is 9.10. The van der Waals surface area contributed by atoms with E-state index in [0.717, 1.165) is 22.6 Å². The van der Waals surface area contributed by atoms with Crippen LogP contribution in [0.2, 0.25) is 0 Å². The van der Waals surface area contributed by atoms with Crippen LogP contribution in [-0.2, 0) is 12.8 Å². The van der Waals surface area contributed by atoms with Crippen LogP contribution in [0.4, 0.5) is 0 Å². The average molecular weight is 424 g/mol. The second kappa shape index (κ2) is 7.08. The van der Waals surface area contributed by atoms with E-state index in [1.165, 1.54) is 21.2 Å². The van der Waals surface area contributed by atoms with Gasteiger partial charge in [0, 0.05) is 14.5 Å². The van der Waals surface area contributed by atoms with Crippen LogP contribution in [0, 0.1) is 5.92 Å². The van der Waals surface area contributed by atoms with Gasteiger partial charge in [0.15, 0.2) is 0 Å². The summed E-state index contributed by atoms with van der Waals surface area (Å²) in [6, 6.07) is 17.3. The Hall–Kier alpha value is -0.640. The maximum atomic E-state index is 3.69. The van der Waals surface area contributed by atoms with Gasteiger partial charge in [0.2, 0.25) is 0 Å². The van der Waals surface area contributed by atoms with E-state index in [1.807, 2.05) is 11.3 Å². The molecule has 0 amide bonds. The average Bonchev–Trinajstić information content (AvgIpc) is 2.90. The molecule has 0 saturated heterocycles. The molecule has 0 N–H and O–H groups in total. The van der Waals surface area contributed by atoms with Gasteiger partial charge in [0.1, 0.15) is 0 Å². The summed E-state index contributed by atoms with van der Waals surface area (Å²) in [5.41, 5.74) is 2.88. The number of alkyl halides is 1. The maximum absolute atomic E-state index is 3.69. The van der Waals surface area contributed by atoms with Gasteiger partial charge < -0.3 is 0 Å². The zero-order valence-corrected chi connectivity index (χ0v) is 15.5. The van der Waals surface area contributed by atoms with E-state index in [4.69, 9.17) is 0 Å². The molecule has 0 saturated carbocycles. The monoisotopic (exact) mass is 422 g/mol. The highest BCUT2D eigenvalue weighted by atomic mass is 79.9. The predicted octanol–water partition coefficient (Wildman–Crippen LogP) is 6.46. The molecule has 0 spiro atoms. The van der Waals surface area contributed by atoms with Gasteiger partial charge in [-0.25, -0.2) is 0 Å². The lowest BCUT2D eigenvalue weighted by Crippen LogP contribution is -2.09. The number of benzene rings is 2. The van der Waals surface area contributed by atoms with E-state index >= 15 is 0 Å². The van der Waals surface area contributed by atoms with Crippen molar-refractivity contribution in [2.45, 2.75) is 12.8 Å². The molecule has 1 atom stereocenters. The van der Waals surface area contributed by atoms with Gasteiger partial charge in [-0.1, -0.05) is 62.2 Å². The number of hydrogen-bond donors (Lipinski definition) is 0. The highest BCUT2D eigenvalue weighted by molar-refractivity contribution is 9.10. The van der Waals surface area contributed by atoms with Crippen molar-refractivity contribution >= 4 is 53.3 Å². The standard InChI is InChI=1S/C18H16Br2S/c19-11-14(8-13-4-3-5-16(20)10-13)9-15-12-21-18-7-2-1-6-17(15)18/h1-7,10,12,14H,8-9,11H2. The highest BCUT2D eigenvalue weighted by Gasteiger charge is 2.12. The van der Waals surface area contributed by atoms with E-state index < -0.39 is 0 Å². The van der Waals surface area contributed by atoms with Gasteiger partial charge in [-0.2, -0.15) is 0 Å². The van der Waals surface area contributed by atoms with Gasteiger partial charge in [0.05, 0.1) is 0 Å². The van der Waals surface area contributed by atoms with E-state index in [2.05, 4.69) is 85.8 Å². The number of halogens is 2. The molecule has 0 radical (unpaired) electrons. The molecule has 0 nitrogen and oxygen atoms in total. The molecule has 3 aromatic rings. The van der Waals surface area contributed by atoms with Crippen LogP contribution in [0.15, 0.2) is 58.4 Å². The minimum atomic E-state index is 0.623. The van der Waals surface area contributed by atoms with Crippen molar-refractivity contribution in [3.63, 3.8) is 0 Å². The van der Waals surface area contributed by atoms with Crippen LogP contribution in [0.25, 0.3) is 10.1 Å². The summed E-state index contributed by atoms with van der Waals surface area (Å²) in [6.45, 7) is 0. The molecule has 0 aliphatic rings. The van der Waals surface area contributed by atoms with Crippen molar-refractivity contribution in [1.82, 2.24) is 0 Å². The van der Waals surface area contributed by atoms with Crippen molar-refractivity contribution in [3.8, 4) is 0 Å². The minimum Gasteiger partial charge on any atom is -0.144 e. The molecule has 1 aromatic heterocycles. The van der Waals surface area contributed by atoms with Gasteiger partial charge in [-0.05, 0) is 58.9 Å². The van der Waals surface area contributed by atoms with Gasteiger partial charge in [-0.15, -0.1) is 11.3 Å². The first kappa shape index (κ1) is 15.3. The first-order chi connectivity index (χ1) is 10.3. The summed E-state index contributed by atoms with van der Waals surface area (Å²) in [6.07, 6.45) is 2.23. The van der Waals surface area contributed by atoms with Crippen LogP contribution in [0.3, 0.4) is 0 Å². The summed E-state index contributed by atoms with van der Waals surface area (Å²) in [5, 5.41) is 4.77. The third kappa shape index (κ3) is 3.77. The van der Waals surface area contributed by atoms with Crippen LogP contribution in [0.5, 0.6) is 0 Å². The van der Waals surface area contributed by atoms with E-state index in [0.29, 0.717) is 5.92 Å². The zero-order chi connectivity index (χ0) is 14.7. The van der Waals surface area contributed by atoms with Gasteiger partial charge in [0.25, 0.3) is 0 Å². The summed E-state index contributed by atoms with van der Waals surface area (Å²) in [5.74, 6) is 0.623. The van der Waals surface area contributed by atoms with Crippen molar-refractivity contribution < 1.29 is 0 Å². The second-order valence-corrected chi connectivity index (χ2v) is 7.79. The molecule has 1 heterocycles. The molecule has 0 aliphatic carbocycles. The molecule has 0 fully saturated rings. The van der Waals surface area contributed by atoms with E-state index in [1.54, 1.807) is 0 Å². The molecular weight excluding hydrogens is 408 g/mol. The number of fused-ring (bicyclic) bond motifs is 1. The lowest BCUT2D eigenvalue weighted by molar-refractivity contribution is 0.594. The molecule has 3 rings (SSSR count). The summed E-state index contributed by atoms with van der Waals surface area (Å²) < 4.78 is 2.55. The first-order valence-electron chi connectivity index (χ1n) is 7.02. The Kier molecular flexibility index (Phi) is 5.15. The molecule has 108 valence electrons. The lowest BCUT2D eigenvalue weighted by atomic mass is 9.94. The third-order valence-corrected chi connectivity index (χ3v) is 6.12. The van der Waals surface area contributed by atoms with Crippen molar-refractivity contribution in [1.29, 1.82) is 0 Å². The molecule has 1 unspecified atom stereocenters. The number of hydrogen-bond acceptors (Lipinski definition) is 1. The fourth-order valence-electron chi connectivity index (χ4n) is 2.68. The first-order valence-corrected chi connectivity index (χ1v) is 9.81. The molecular formula is C18H16Br2S. The van der Waals surface area contributed by atoms with E-state index in [9.17, 15) is 0 Å². The Morgan fingerprint density at radius 3 is 2.67 bits per heavy atom. The van der Waals surface area contributed by atoms with E-state index in [-0.39, 0.29) is 0 Å². The normalized spacial score (nSPS) is 12.7. The smallest absolute Gasteiger partial charge is 0.0345 e. The van der Waals surface area contributed by atoms with Crippen molar-refractivity contribution in [2.24, 2.45) is 5.92 Å². The minimum absolute atomic E-state index is 0.623. The van der Waals surface area contributed by atoms with Crippen LogP contribution in [0.1, 0.15) is 11.1 Å². The molecule has 21 heavy (non-hydrogen) atoms. The highest BCUT2D eigenvalue weighted by Crippen LogP contribution is 2.29. The summed E-state index contributed by atoms with van der Waals surface area (Å²) in [4.78, 5) is 0. The lowest BCUT2D eigenvalue weighted by Gasteiger charge is -2.14. The maximum Gasteiger partial charge on any atom is 0.0345 e. The molecule has 0 aliphatic heterocycles. The molecule has 2 aromatic carbocycles. The van der Waals surface area contributed by atoms with Gasteiger partial charge in [-0.3, -0.25) is 0 Å². The fourth-order valence-corrected chi connectivity index (χ4v) is 4.56. The largest absolute Gasteiger partial charge is 0.144 e. The van der Waals surface area contributed by atoms with Crippen molar-refractivity contribution in [3.05, 3.63) is 69.5 Å². The van der Waals surface area contributed by atoms with Crippen LogP contribution < -0.4 is 0 Å². The Morgan fingerprint density at radius 2 is 1.86 bits per heavy atom. The predicted molar refractivity (Wildman–Crippen MR) is 101 cm³/mol. The zero-order valence-electron chi connectivity index (χ0n) is 11.6. The second-order valence-electron chi connectivity index (χ2n) is 5.32. The molecule has 0 bridgehead atoms. The Balaban J connectivity index is 1.78. The Labute approximate surface area is 146 Å². The topological polar surface area (TPSA) is 0 Å². The summed E-state index contributed by atoms with van der Waals surface area (Å²) in [7, 11) is 0. The van der Waals surface area contributed by atoms with Crippen LogP contribution >= 0.6 is 43.2 Å².